The molecule has 126 valence electrons. The molecule has 7 heteroatoms. The molecule has 0 aliphatic carbocycles. The second-order valence-corrected chi connectivity index (χ2v) is 7.56. The second kappa shape index (κ2) is 5.90. The Hall–Kier alpha value is -2.41. The first-order chi connectivity index (χ1) is 11.2. The van der Waals surface area contributed by atoms with Gasteiger partial charge in [0.15, 0.2) is 11.2 Å². The highest BCUT2D eigenvalue weighted by Crippen LogP contribution is 2.35. The van der Waals surface area contributed by atoms with Gasteiger partial charge in [-0.25, -0.2) is 4.98 Å². The Labute approximate surface area is 144 Å². The number of aromatic nitrogens is 1. The van der Waals surface area contributed by atoms with Crippen molar-refractivity contribution in [1.82, 2.24) is 4.98 Å². The fourth-order valence-electron chi connectivity index (χ4n) is 2.12. The molecule has 0 bridgehead atoms. The maximum atomic E-state index is 12.0. The molecule has 0 saturated heterocycles. The van der Waals surface area contributed by atoms with Gasteiger partial charge in [-0.1, -0.05) is 20.8 Å². The van der Waals surface area contributed by atoms with Crippen LogP contribution in [-0.4, -0.2) is 22.9 Å². The minimum atomic E-state index is -0.498. The fraction of sp³-hybridized carbons (Fsp3) is 0.353. The highest BCUT2D eigenvalue weighted by Gasteiger charge is 2.24. The van der Waals surface area contributed by atoms with E-state index < -0.39 is 11.5 Å². The Morgan fingerprint density at radius 2 is 2.12 bits per heavy atom. The van der Waals surface area contributed by atoms with E-state index in [0.717, 1.165) is 11.3 Å². The van der Waals surface area contributed by atoms with Gasteiger partial charge < -0.3 is 15.4 Å². The summed E-state index contributed by atoms with van der Waals surface area (Å²) in [5, 5.41) is 8.06. The first-order valence-corrected chi connectivity index (χ1v) is 8.51. The highest BCUT2D eigenvalue weighted by molar-refractivity contribution is 7.14. The van der Waals surface area contributed by atoms with Gasteiger partial charge in [0, 0.05) is 16.4 Å². The zero-order valence-electron chi connectivity index (χ0n) is 14.0. The molecule has 0 radical (unpaired) electrons. The number of rotatable bonds is 2. The molecule has 1 aliphatic heterocycles. The second-order valence-electron chi connectivity index (χ2n) is 6.70. The van der Waals surface area contributed by atoms with Crippen molar-refractivity contribution >= 4 is 34.0 Å². The molecule has 2 aromatic rings. The lowest BCUT2D eigenvalue weighted by atomic mass is 9.96. The largest absolute Gasteiger partial charge is 0.479 e. The van der Waals surface area contributed by atoms with Crippen LogP contribution in [0.4, 0.5) is 10.8 Å². The first-order valence-electron chi connectivity index (χ1n) is 7.63. The third-order valence-corrected chi connectivity index (χ3v) is 4.37. The number of amides is 2. The van der Waals surface area contributed by atoms with Crippen LogP contribution in [0.1, 0.15) is 27.7 Å². The normalized spacial score (nSPS) is 16.8. The Kier molecular flexibility index (Phi) is 4.04. The lowest BCUT2D eigenvalue weighted by Gasteiger charge is -2.23. The Bertz CT molecular complexity index is 808. The number of ether oxygens (including phenoxy) is 1. The van der Waals surface area contributed by atoms with E-state index >= 15 is 0 Å². The van der Waals surface area contributed by atoms with Crippen molar-refractivity contribution in [1.29, 1.82) is 0 Å². The van der Waals surface area contributed by atoms with Crippen LogP contribution in [-0.2, 0) is 9.59 Å². The van der Waals surface area contributed by atoms with Crippen molar-refractivity contribution in [3.05, 3.63) is 23.6 Å². The van der Waals surface area contributed by atoms with Crippen LogP contribution < -0.4 is 15.4 Å². The number of carbonyl (C=O) groups is 2. The number of fused-ring (bicyclic) bond motifs is 1. The zero-order chi connectivity index (χ0) is 17.5. The molecule has 2 heterocycles. The Balaban J connectivity index is 1.82. The molecule has 24 heavy (non-hydrogen) atoms. The third-order valence-electron chi connectivity index (χ3n) is 3.61. The topological polar surface area (TPSA) is 80.3 Å². The van der Waals surface area contributed by atoms with Gasteiger partial charge in [-0.15, -0.1) is 11.3 Å². The van der Waals surface area contributed by atoms with Gasteiger partial charge >= 0.3 is 0 Å². The van der Waals surface area contributed by atoms with Crippen LogP contribution in [0.2, 0.25) is 0 Å². The molecular formula is C17H19N3O3S. The fourth-order valence-corrected chi connectivity index (χ4v) is 2.83. The SMILES string of the molecule is C[C@@H]1Oc2ccc(-c3csc(NC(=O)C(C)(C)C)n3)cc2NC1=O. The monoisotopic (exact) mass is 345 g/mol. The van der Waals surface area contributed by atoms with E-state index in [0.29, 0.717) is 16.6 Å². The van der Waals surface area contributed by atoms with Crippen LogP contribution in [0.15, 0.2) is 23.6 Å². The molecule has 3 rings (SSSR count). The molecule has 1 atom stereocenters. The smallest absolute Gasteiger partial charge is 0.265 e. The highest BCUT2D eigenvalue weighted by atomic mass is 32.1. The third kappa shape index (κ3) is 3.26. The van der Waals surface area contributed by atoms with Crippen LogP contribution >= 0.6 is 11.3 Å². The number of nitrogens with one attached hydrogen (secondary N) is 2. The predicted octanol–water partition coefficient (Wildman–Crippen LogP) is 3.51. The summed E-state index contributed by atoms with van der Waals surface area (Å²) in [5.74, 6) is 0.391. The summed E-state index contributed by atoms with van der Waals surface area (Å²) in [6.07, 6.45) is -0.498. The van der Waals surface area contributed by atoms with Gasteiger partial charge in [-0.05, 0) is 25.1 Å². The average molecular weight is 345 g/mol. The summed E-state index contributed by atoms with van der Waals surface area (Å²) < 4.78 is 5.54. The molecule has 0 fully saturated rings. The van der Waals surface area contributed by atoms with Gasteiger partial charge in [-0.2, -0.15) is 0 Å². The summed E-state index contributed by atoms with van der Waals surface area (Å²) in [7, 11) is 0. The van der Waals surface area contributed by atoms with Crippen molar-refractivity contribution in [3.63, 3.8) is 0 Å². The van der Waals surface area contributed by atoms with E-state index in [4.69, 9.17) is 4.74 Å². The number of nitrogens with zero attached hydrogens (tertiary/aromatic N) is 1. The molecule has 0 unspecified atom stereocenters. The molecule has 1 aliphatic rings. The maximum absolute atomic E-state index is 12.0. The van der Waals surface area contributed by atoms with Crippen LogP contribution in [0.3, 0.4) is 0 Å². The van der Waals surface area contributed by atoms with Crippen LogP contribution in [0, 0.1) is 5.41 Å². The molecular weight excluding hydrogens is 326 g/mol. The van der Waals surface area contributed by atoms with E-state index in [-0.39, 0.29) is 11.8 Å². The predicted molar refractivity (Wildman–Crippen MR) is 94.4 cm³/mol. The number of thiazole rings is 1. The van der Waals surface area contributed by atoms with E-state index in [1.165, 1.54) is 11.3 Å². The van der Waals surface area contributed by atoms with E-state index in [2.05, 4.69) is 15.6 Å². The molecule has 0 spiro atoms. The quantitative estimate of drug-likeness (QED) is 0.873. The van der Waals surface area contributed by atoms with Crippen LogP contribution in [0.25, 0.3) is 11.3 Å². The minimum Gasteiger partial charge on any atom is -0.479 e. The summed E-state index contributed by atoms with van der Waals surface area (Å²) >= 11 is 1.37. The standard InChI is InChI=1S/C17H19N3O3S/c1-9-14(21)18-11-7-10(5-6-13(11)23-9)12-8-24-16(19-12)20-15(22)17(2,3)4/h5-9H,1-4H3,(H,18,21)(H,19,20,22)/t9-/m0/s1. The molecule has 2 amide bonds. The average Bonchev–Trinajstić information content (AvgIpc) is 2.95. The van der Waals surface area contributed by atoms with Crippen molar-refractivity contribution in [2.24, 2.45) is 5.41 Å². The lowest BCUT2D eigenvalue weighted by molar-refractivity contribution is -0.123. The number of hydrogen-bond acceptors (Lipinski definition) is 5. The maximum Gasteiger partial charge on any atom is 0.265 e. The lowest BCUT2D eigenvalue weighted by Crippen LogP contribution is -2.34. The van der Waals surface area contributed by atoms with Gasteiger partial charge in [0.05, 0.1) is 11.4 Å². The summed E-state index contributed by atoms with van der Waals surface area (Å²) in [5.41, 5.74) is 1.74. The Morgan fingerprint density at radius 3 is 2.83 bits per heavy atom. The van der Waals surface area contributed by atoms with Crippen molar-refractivity contribution in [3.8, 4) is 17.0 Å². The van der Waals surface area contributed by atoms with Gasteiger partial charge in [0.25, 0.3) is 5.91 Å². The number of anilines is 2. The molecule has 0 saturated carbocycles. The van der Waals surface area contributed by atoms with E-state index in [1.807, 2.05) is 44.4 Å². The number of hydrogen-bond donors (Lipinski definition) is 2. The molecule has 1 aromatic heterocycles. The molecule has 2 N–H and O–H groups in total. The van der Waals surface area contributed by atoms with Gasteiger partial charge in [0.2, 0.25) is 5.91 Å². The van der Waals surface area contributed by atoms with Crippen molar-refractivity contribution in [2.75, 3.05) is 10.6 Å². The molecule has 6 nitrogen and oxygen atoms in total. The van der Waals surface area contributed by atoms with E-state index in [1.54, 1.807) is 6.92 Å². The van der Waals surface area contributed by atoms with Gasteiger partial charge in [0.1, 0.15) is 5.75 Å². The summed E-state index contributed by atoms with van der Waals surface area (Å²) in [4.78, 5) is 28.2. The Morgan fingerprint density at radius 1 is 1.38 bits per heavy atom. The summed E-state index contributed by atoms with van der Waals surface area (Å²) in [6.45, 7) is 7.26. The number of benzene rings is 1. The van der Waals surface area contributed by atoms with Crippen molar-refractivity contribution < 1.29 is 14.3 Å². The zero-order valence-corrected chi connectivity index (χ0v) is 14.8. The first kappa shape index (κ1) is 16.4. The van der Waals surface area contributed by atoms with Crippen LogP contribution in [0.5, 0.6) is 5.75 Å². The van der Waals surface area contributed by atoms with E-state index in [9.17, 15) is 9.59 Å². The molecule has 1 aromatic carbocycles. The van der Waals surface area contributed by atoms with Crippen molar-refractivity contribution in [2.45, 2.75) is 33.8 Å². The summed E-state index contributed by atoms with van der Waals surface area (Å²) in [6, 6.07) is 5.52. The minimum absolute atomic E-state index is 0.0801. The van der Waals surface area contributed by atoms with Gasteiger partial charge in [-0.3, -0.25) is 9.59 Å². The number of carbonyl (C=O) groups excluding carboxylic acids is 2.